The van der Waals surface area contributed by atoms with Crippen molar-refractivity contribution in [1.29, 1.82) is 0 Å². The number of hydrogen-bond acceptors (Lipinski definition) is 8. The number of fused-ring (bicyclic) bond motifs is 2. The number of rotatable bonds is 5. The Hall–Kier alpha value is -5.48. The lowest BCUT2D eigenvalue weighted by molar-refractivity contribution is 0.511. The minimum Gasteiger partial charge on any atom is -0.311 e. The lowest BCUT2D eigenvalue weighted by atomic mass is 10.0. The van der Waals surface area contributed by atoms with Gasteiger partial charge in [-0.3, -0.25) is 9.59 Å². The van der Waals surface area contributed by atoms with Crippen LogP contribution in [0.1, 0.15) is 11.1 Å². The number of hydrogen-bond donors (Lipinski definition) is 0. The van der Waals surface area contributed by atoms with Crippen LogP contribution in [0.3, 0.4) is 0 Å². The second kappa shape index (κ2) is 10.7. The van der Waals surface area contributed by atoms with E-state index in [4.69, 9.17) is 0 Å². The van der Waals surface area contributed by atoms with Crippen LogP contribution in [-0.2, 0) is 0 Å². The Kier molecular flexibility index (Phi) is 6.63. The maximum absolute atomic E-state index is 13.8. The maximum Gasteiger partial charge on any atom is 0.216 e. The minimum absolute atomic E-state index is 0.0180. The zero-order chi connectivity index (χ0) is 30.5. The summed E-state index contributed by atoms with van der Waals surface area (Å²) in [5, 5.41) is -0.944. The van der Waals surface area contributed by atoms with Crippen molar-refractivity contribution in [3.05, 3.63) is 140 Å². The first-order valence-electron chi connectivity index (χ1n) is 13.6. The van der Waals surface area contributed by atoms with Gasteiger partial charge in [0.1, 0.15) is 11.0 Å². The Morgan fingerprint density at radius 2 is 1.16 bits per heavy atom. The summed E-state index contributed by atoms with van der Waals surface area (Å²) in [7, 11) is 0. The van der Waals surface area contributed by atoms with Crippen LogP contribution >= 0.6 is 11.7 Å². The number of halogens is 2. The van der Waals surface area contributed by atoms with Crippen molar-refractivity contribution >= 4 is 56.4 Å². The zero-order valence-electron chi connectivity index (χ0n) is 23.4. The summed E-state index contributed by atoms with van der Waals surface area (Å²) in [4.78, 5) is 36.5. The van der Waals surface area contributed by atoms with Crippen molar-refractivity contribution in [2.24, 2.45) is 4.99 Å². The summed E-state index contributed by atoms with van der Waals surface area (Å²) in [6.45, 7) is 4.11. The SMILES string of the molecule is Cc1ccc(N(c2ccc(C)cc2)c2ccc(-c3cnc(N=c4c(=O)c5cc(F)c(F)cc5c4=O)c4nsnc34)cc2)cc1. The molecule has 2 aromatic heterocycles. The molecule has 0 bridgehead atoms. The van der Waals surface area contributed by atoms with Gasteiger partial charge in [0.2, 0.25) is 10.9 Å². The van der Waals surface area contributed by atoms with Crippen molar-refractivity contribution in [3.8, 4) is 11.1 Å². The van der Waals surface area contributed by atoms with E-state index in [1.54, 1.807) is 6.20 Å². The Bertz CT molecular complexity index is 2260. The molecule has 0 aliphatic rings. The summed E-state index contributed by atoms with van der Waals surface area (Å²) < 4.78 is 36.3. The molecule has 0 saturated heterocycles. The summed E-state index contributed by atoms with van der Waals surface area (Å²) in [6, 6.07) is 26.1. The molecule has 0 amide bonds. The van der Waals surface area contributed by atoms with Crippen LogP contribution < -0.4 is 21.1 Å². The highest BCUT2D eigenvalue weighted by Gasteiger charge is 2.18. The van der Waals surface area contributed by atoms with E-state index in [0.29, 0.717) is 28.7 Å². The zero-order valence-corrected chi connectivity index (χ0v) is 24.2. The van der Waals surface area contributed by atoms with Crippen molar-refractivity contribution in [3.63, 3.8) is 0 Å². The number of aromatic nitrogens is 3. The van der Waals surface area contributed by atoms with Gasteiger partial charge in [-0.1, -0.05) is 47.5 Å². The molecular weight excluding hydrogens is 580 g/mol. The fourth-order valence-corrected chi connectivity index (χ4v) is 5.72. The molecule has 7 nitrogen and oxygen atoms in total. The van der Waals surface area contributed by atoms with E-state index in [2.05, 4.69) is 86.0 Å². The van der Waals surface area contributed by atoms with Gasteiger partial charge in [-0.25, -0.2) is 18.8 Å². The third-order valence-electron chi connectivity index (χ3n) is 7.49. The predicted molar refractivity (Wildman–Crippen MR) is 169 cm³/mol. The van der Waals surface area contributed by atoms with E-state index in [9.17, 15) is 18.4 Å². The Morgan fingerprint density at radius 1 is 0.682 bits per heavy atom. The second-order valence-electron chi connectivity index (χ2n) is 10.4. The average Bonchev–Trinajstić information content (AvgIpc) is 3.60. The Morgan fingerprint density at radius 3 is 1.68 bits per heavy atom. The first-order chi connectivity index (χ1) is 21.3. The fraction of sp³-hybridized carbons (Fsp3) is 0.0588. The third-order valence-corrected chi connectivity index (χ3v) is 8.02. The Labute approximate surface area is 253 Å². The lowest BCUT2D eigenvalue weighted by Gasteiger charge is -2.26. The van der Waals surface area contributed by atoms with E-state index in [1.165, 1.54) is 11.1 Å². The number of aryl methyl sites for hydroxylation is 2. The molecule has 0 unspecified atom stereocenters. The molecule has 2 heterocycles. The van der Waals surface area contributed by atoms with E-state index >= 15 is 0 Å². The number of pyridine rings is 1. The van der Waals surface area contributed by atoms with E-state index in [1.807, 2.05) is 24.3 Å². The van der Waals surface area contributed by atoms with Gasteiger partial charge in [0.05, 0.1) is 11.7 Å². The average molecular weight is 602 g/mol. The molecule has 0 spiro atoms. The van der Waals surface area contributed by atoms with Crippen LogP contribution in [0, 0.1) is 25.5 Å². The predicted octanol–water partition coefficient (Wildman–Crippen LogP) is 7.10. The summed E-state index contributed by atoms with van der Waals surface area (Å²) >= 11 is 0.945. The molecule has 214 valence electrons. The molecule has 0 aliphatic heterocycles. The number of benzene rings is 4. The van der Waals surface area contributed by atoms with Crippen LogP contribution in [0.5, 0.6) is 0 Å². The molecule has 0 N–H and O–H groups in total. The van der Waals surface area contributed by atoms with E-state index in [0.717, 1.165) is 34.4 Å². The van der Waals surface area contributed by atoms with Crippen molar-refractivity contribution in [2.75, 3.05) is 4.90 Å². The van der Waals surface area contributed by atoms with Crippen molar-refractivity contribution in [1.82, 2.24) is 13.7 Å². The van der Waals surface area contributed by atoms with Gasteiger partial charge in [0.25, 0.3) is 0 Å². The summed E-state index contributed by atoms with van der Waals surface area (Å²) in [6.07, 6.45) is 1.56. The largest absolute Gasteiger partial charge is 0.311 e. The molecule has 0 atom stereocenters. The van der Waals surface area contributed by atoms with Gasteiger partial charge in [0, 0.05) is 39.6 Å². The summed E-state index contributed by atoms with van der Waals surface area (Å²) in [5.41, 5.74) is 6.07. The molecule has 0 aliphatic carbocycles. The molecular formula is C34H21F2N5O2S. The Balaban J connectivity index is 1.30. The first kappa shape index (κ1) is 27.4. The highest BCUT2D eigenvalue weighted by Crippen LogP contribution is 2.37. The van der Waals surface area contributed by atoms with Crippen LogP contribution in [0.15, 0.2) is 106 Å². The summed E-state index contributed by atoms with van der Waals surface area (Å²) in [5.74, 6) is -2.41. The first-order valence-corrected chi connectivity index (χ1v) is 14.3. The number of nitrogens with zero attached hydrogens (tertiary/aromatic N) is 5. The smallest absolute Gasteiger partial charge is 0.216 e. The molecule has 7 aromatic rings. The van der Waals surface area contributed by atoms with E-state index < -0.39 is 27.8 Å². The van der Waals surface area contributed by atoms with Gasteiger partial charge < -0.3 is 4.90 Å². The normalized spacial score (nSPS) is 11.4. The second-order valence-corrected chi connectivity index (χ2v) is 11.0. The third kappa shape index (κ3) is 4.65. The van der Waals surface area contributed by atoms with Crippen LogP contribution in [0.4, 0.5) is 31.7 Å². The van der Waals surface area contributed by atoms with Gasteiger partial charge in [-0.15, -0.1) is 0 Å². The van der Waals surface area contributed by atoms with Gasteiger partial charge in [-0.2, -0.15) is 8.75 Å². The molecule has 44 heavy (non-hydrogen) atoms. The van der Waals surface area contributed by atoms with Crippen LogP contribution in [0.2, 0.25) is 0 Å². The van der Waals surface area contributed by atoms with Gasteiger partial charge in [0.15, 0.2) is 22.8 Å². The highest BCUT2D eigenvalue weighted by atomic mass is 32.1. The van der Waals surface area contributed by atoms with Crippen LogP contribution in [0.25, 0.3) is 32.9 Å². The molecule has 0 fully saturated rings. The van der Waals surface area contributed by atoms with Crippen LogP contribution in [-0.4, -0.2) is 13.7 Å². The maximum atomic E-state index is 13.8. The fourth-order valence-electron chi connectivity index (χ4n) is 5.17. The van der Waals surface area contributed by atoms with Crippen molar-refractivity contribution < 1.29 is 8.78 Å². The molecule has 7 rings (SSSR count). The van der Waals surface area contributed by atoms with Gasteiger partial charge in [-0.05, 0) is 67.9 Å². The molecule has 0 saturated carbocycles. The minimum atomic E-state index is -1.22. The standard InChI is InChI=1S/C34H21F2N5O2S/c1-18-3-9-21(10-4-18)41(22-11-5-19(2)6-12-22)23-13-7-20(8-14-23)26-17-37-34(30-29(26)39-44-40-30)38-31-32(42)24-15-27(35)28(36)16-25(24)33(31)43/h3-17H,1-2H3. The molecule has 0 radical (unpaired) electrons. The molecule has 5 aromatic carbocycles. The quantitative estimate of drug-likeness (QED) is 0.209. The topological polar surface area (TPSA) is 88.4 Å². The lowest BCUT2D eigenvalue weighted by Crippen LogP contribution is -2.31. The monoisotopic (exact) mass is 601 g/mol. The van der Waals surface area contributed by atoms with E-state index in [-0.39, 0.29) is 16.6 Å². The van der Waals surface area contributed by atoms with Crippen molar-refractivity contribution in [2.45, 2.75) is 13.8 Å². The number of anilines is 3. The van der Waals surface area contributed by atoms with Gasteiger partial charge >= 0.3 is 0 Å². The highest BCUT2D eigenvalue weighted by molar-refractivity contribution is 7.00. The molecule has 10 heteroatoms.